The molecule has 0 heterocycles. The molecule has 16 heavy (non-hydrogen) atoms. The van der Waals surface area contributed by atoms with Crippen molar-refractivity contribution in [2.24, 2.45) is 5.92 Å². The van der Waals surface area contributed by atoms with Crippen molar-refractivity contribution < 1.29 is 4.74 Å². The van der Waals surface area contributed by atoms with Crippen LogP contribution in [0.3, 0.4) is 0 Å². The molecule has 2 unspecified atom stereocenters. The van der Waals surface area contributed by atoms with Crippen molar-refractivity contribution in [3.05, 3.63) is 29.8 Å². The molecule has 0 aromatic heterocycles. The summed E-state index contributed by atoms with van der Waals surface area (Å²) in [5.41, 5.74) is 1.23. The van der Waals surface area contributed by atoms with Crippen LogP contribution in [0, 0.1) is 17.2 Å². The Morgan fingerprint density at radius 2 is 2.19 bits per heavy atom. The average Bonchev–Trinajstić information content (AvgIpc) is 2.77. The topological polar surface area (TPSA) is 33.0 Å². The van der Waals surface area contributed by atoms with Gasteiger partial charge in [0.15, 0.2) is 0 Å². The number of ether oxygens (including phenoxy) is 1. The highest BCUT2D eigenvalue weighted by molar-refractivity contribution is 5.33. The minimum Gasteiger partial charge on any atom is -0.489 e. The molecular weight excluding hydrogens is 198 g/mol. The maximum Gasteiger partial charge on any atom is 0.122 e. The summed E-state index contributed by atoms with van der Waals surface area (Å²) < 4.78 is 5.98. The maximum absolute atomic E-state index is 9.01. The smallest absolute Gasteiger partial charge is 0.122 e. The maximum atomic E-state index is 9.01. The van der Waals surface area contributed by atoms with E-state index in [1.165, 1.54) is 5.56 Å². The lowest BCUT2D eigenvalue weighted by Crippen LogP contribution is -2.20. The van der Waals surface area contributed by atoms with E-state index < -0.39 is 0 Å². The first-order chi connectivity index (χ1) is 7.85. The summed E-state index contributed by atoms with van der Waals surface area (Å²) in [5, 5.41) is 9.01. The van der Waals surface area contributed by atoms with E-state index in [0.29, 0.717) is 0 Å². The number of hydrogen-bond donors (Lipinski definition) is 0. The van der Waals surface area contributed by atoms with Crippen LogP contribution in [0.1, 0.15) is 31.7 Å². The van der Waals surface area contributed by atoms with Gasteiger partial charge in [0, 0.05) is 0 Å². The quantitative estimate of drug-likeness (QED) is 0.774. The number of nitriles is 1. The summed E-state index contributed by atoms with van der Waals surface area (Å²) in [6.45, 7) is 2.12. The third kappa shape index (κ3) is 2.19. The van der Waals surface area contributed by atoms with Crippen LogP contribution in [-0.2, 0) is 6.42 Å². The average molecular weight is 215 g/mol. The van der Waals surface area contributed by atoms with Crippen molar-refractivity contribution in [1.82, 2.24) is 0 Å². The zero-order valence-corrected chi connectivity index (χ0v) is 9.65. The van der Waals surface area contributed by atoms with Crippen LogP contribution in [0.5, 0.6) is 5.75 Å². The number of aryl methyl sites for hydroxylation is 1. The SMILES string of the molecule is CCc1ccccc1OC1CCCC1C#N. The second-order valence-corrected chi connectivity index (χ2v) is 4.28. The van der Waals surface area contributed by atoms with Gasteiger partial charge in [0.2, 0.25) is 0 Å². The standard InChI is InChI=1S/C14H17NO/c1-2-11-6-3-4-8-13(11)16-14-9-5-7-12(14)10-15/h3-4,6,8,12,14H,2,5,7,9H2,1H3. The molecule has 0 amide bonds. The zero-order valence-electron chi connectivity index (χ0n) is 9.65. The van der Waals surface area contributed by atoms with Gasteiger partial charge in [-0.2, -0.15) is 5.26 Å². The van der Waals surface area contributed by atoms with Gasteiger partial charge in [-0.25, -0.2) is 0 Å². The van der Waals surface area contributed by atoms with Crippen LogP contribution in [0.2, 0.25) is 0 Å². The summed E-state index contributed by atoms with van der Waals surface area (Å²) in [6.07, 6.45) is 4.17. The fourth-order valence-electron chi connectivity index (χ4n) is 2.29. The highest BCUT2D eigenvalue weighted by atomic mass is 16.5. The van der Waals surface area contributed by atoms with E-state index >= 15 is 0 Å². The number of hydrogen-bond acceptors (Lipinski definition) is 2. The predicted molar refractivity (Wildman–Crippen MR) is 63.2 cm³/mol. The summed E-state index contributed by atoms with van der Waals surface area (Å²) in [7, 11) is 0. The normalized spacial score (nSPS) is 24.0. The molecule has 1 saturated carbocycles. The lowest BCUT2D eigenvalue weighted by molar-refractivity contribution is 0.181. The number of benzene rings is 1. The van der Waals surface area contributed by atoms with Crippen molar-refractivity contribution in [1.29, 1.82) is 5.26 Å². The van der Waals surface area contributed by atoms with E-state index in [1.807, 2.05) is 18.2 Å². The van der Waals surface area contributed by atoms with Gasteiger partial charge in [-0.15, -0.1) is 0 Å². The van der Waals surface area contributed by atoms with Gasteiger partial charge in [0.05, 0.1) is 12.0 Å². The molecule has 0 N–H and O–H groups in total. The van der Waals surface area contributed by atoms with Crippen LogP contribution in [-0.4, -0.2) is 6.10 Å². The molecule has 1 aromatic rings. The van der Waals surface area contributed by atoms with Gasteiger partial charge in [-0.3, -0.25) is 0 Å². The molecule has 84 valence electrons. The molecule has 0 aliphatic heterocycles. The molecule has 0 bridgehead atoms. The van der Waals surface area contributed by atoms with Gasteiger partial charge < -0.3 is 4.74 Å². The predicted octanol–water partition coefficient (Wildman–Crippen LogP) is 3.32. The fourth-order valence-corrected chi connectivity index (χ4v) is 2.29. The van der Waals surface area contributed by atoms with Gasteiger partial charge in [0.25, 0.3) is 0 Å². The third-order valence-electron chi connectivity index (χ3n) is 3.25. The van der Waals surface area contributed by atoms with Crippen molar-refractivity contribution in [3.8, 4) is 11.8 Å². The largest absolute Gasteiger partial charge is 0.489 e. The van der Waals surface area contributed by atoms with Gasteiger partial charge >= 0.3 is 0 Å². The minimum atomic E-state index is 0.0740. The lowest BCUT2D eigenvalue weighted by Gasteiger charge is -2.18. The van der Waals surface area contributed by atoms with Crippen LogP contribution in [0.15, 0.2) is 24.3 Å². The molecule has 2 heteroatoms. The van der Waals surface area contributed by atoms with E-state index in [-0.39, 0.29) is 12.0 Å². The van der Waals surface area contributed by atoms with Crippen molar-refractivity contribution in [3.63, 3.8) is 0 Å². The van der Waals surface area contributed by atoms with Gasteiger partial charge in [-0.05, 0) is 37.3 Å². The number of para-hydroxylation sites is 1. The highest BCUT2D eigenvalue weighted by Gasteiger charge is 2.29. The first-order valence-electron chi connectivity index (χ1n) is 5.99. The van der Waals surface area contributed by atoms with Crippen molar-refractivity contribution in [2.45, 2.75) is 38.7 Å². The lowest BCUT2D eigenvalue weighted by atomic mass is 10.1. The monoisotopic (exact) mass is 215 g/mol. The second kappa shape index (κ2) is 5.03. The Hall–Kier alpha value is -1.49. The number of nitrogens with zero attached hydrogens (tertiary/aromatic N) is 1. The Kier molecular flexibility index (Phi) is 3.46. The molecule has 0 spiro atoms. The molecule has 1 fully saturated rings. The molecule has 2 rings (SSSR count). The van der Waals surface area contributed by atoms with Crippen LogP contribution in [0.25, 0.3) is 0 Å². The fraction of sp³-hybridized carbons (Fsp3) is 0.500. The van der Waals surface area contributed by atoms with Crippen molar-refractivity contribution >= 4 is 0 Å². The molecular formula is C14H17NO. The first-order valence-corrected chi connectivity index (χ1v) is 5.99. The van der Waals surface area contributed by atoms with Crippen molar-refractivity contribution in [2.75, 3.05) is 0 Å². The Morgan fingerprint density at radius 3 is 2.94 bits per heavy atom. The summed E-state index contributed by atoms with van der Waals surface area (Å²) in [5.74, 6) is 1.03. The molecule has 1 aromatic carbocycles. The zero-order chi connectivity index (χ0) is 11.4. The Balaban J connectivity index is 2.11. The Bertz CT molecular complexity index is 394. The summed E-state index contributed by atoms with van der Waals surface area (Å²) in [6, 6.07) is 10.5. The van der Waals surface area contributed by atoms with Crippen LogP contribution in [0.4, 0.5) is 0 Å². The van der Waals surface area contributed by atoms with Crippen LogP contribution >= 0.6 is 0 Å². The third-order valence-corrected chi connectivity index (χ3v) is 3.25. The molecule has 1 aliphatic rings. The Morgan fingerprint density at radius 1 is 1.38 bits per heavy atom. The van der Waals surface area contributed by atoms with Crippen LogP contribution < -0.4 is 4.74 Å². The van der Waals surface area contributed by atoms with E-state index in [1.54, 1.807) is 0 Å². The molecule has 1 aliphatic carbocycles. The van der Waals surface area contributed by atoms with E-state index in [9.17, 15) is 0 Å². The van der Waals surface area contributed by atoms with Gasteiger partial charge in [0.1, 0.15) is 11.9 Å². The molecule has 0 saturated heterocycles. The van der Waals surface area contributed by atoms with E-state index in [2.05, 4.69) is 19.1 Å². The van der Waals surface area contributed by atoms with E-state index in [0.717, 1.165) is 31.4 Å². The van der Waals surface area contributed by atoms with Gasteiger partial charge in [-0.1, -0.05) is 25.1 Å². The minimum absolute atomic E-state index is 0.0740. The molecule has 2 nitrogen and oxygen atoms in total. The second-order valence-electron chi connectivity index (χ2n) is 4.28. The Labute approximate surface area is 96.9 Å². The summed E-state index contributed by atoms with van der Waals surface area (Å²) in [4.78, 5) is 0. The van der Waals surface area contributed by atoms with E-state index in [4.69, 9.17) is 10.00 Å². The first kappa shape index (κ1) is 11.0. The molecule has 0 radical (unpaired) electrons. The number of rotatable bonds is 3. The summed E-state index contributed by atoms with van der Waals surface area (Å²) >= 11 is 0. The molecule has 2 atom stereocenters. The highest BCUT2D eigenvalue weighted by Crippen LogP contribution is 2.30.